The lowest BCUT2D eigenvalue weighted by molar-refractivity contribution is -0.115. The van der Waals surface area contributed by atoms with E-state index in [1.165, 1.54) is 6.33 Å². The Morgan fingerprint density at radius 2 is 2.67 bits per heavy atom. The van der Waals surface area contributed by atoms with Crippen molar-refractivity contribution in [2.75, 3.05) is 6.54 Å². The Labute approximate surface area is 69.2 Å². The molecule has 0 unspecified atom stereocenters. The third kappa shape index (κ3) is 2.42. The molecule has 0 aromatic carbocycles. The summed E-state index contributed by atoms with van der Waals surface area (Å²) < 4.78 is 4.68. The monoisotopic (exact) mass is 165 g/mol. The Hall–Kier alpha value is -1.83. The van der Waals surface area contributed by atoms with Gasteiger partial charge in [-0.05, 0) is 5.92 Å². The molecule has 1 amide bonds. The number of terminal acetylenes is 1. The second kappa shape index (κ2) is 4.13. The standard InChI is InChI=1S/C7H7N3O2/c1-2-6(11)8-4-3-7-9-5-10-12-7/h1,5H,3-4H2,(H,8,11). The van der Waals surface area contributed by atoms with Crippen LogP contribution in [0.15, 0.2) is 10.9 Å². The van der Waals surface area contributed by atoms with Crippen LogP contribution in [0, 0.1) is 12.3 Å². The smallest absolute Gasteiger partial charge is 0.295 e. The van der Waals surface area contributed by atoms with Gasteiger partial charge < -0.3 is 9.84 Å². The van der Waals surface area contributed by atoms with Crippen molar-refractivity contribution in [2.45, 2.75) is 6.42 Å². The average molecular weight is 165 g/mol. The molecule has 0 radical (unpaired) electrons. The second-order valence-electron chi connectivity index (χ2n) is 1.99. The van der Waals surface area contributed by atoms with Crippen molar-refractivity contribution in [1.82, 2.24) is 15.5 Å². The summed E-state index contributed by atoms with van der Waals surface area (Å²) in [5.41, 5.74) is 0. The fraction of sp³-hybridized carbons (Fsp3) is 0.286. The zero-order chi connectivity index (χ0) is 8.81. The van der Waals surface area contributed by atoms with Crippen LogP contribution in [0.2, 0.25) is 0 Å². The van der Waals surface area contributed by atoms with Gasteiger partial charge in [-0.15, -0.1) is 6.42 Å². The molecule has 0 saturated heterocycles. The van der Waals surface area contributed by atoms with Crippen molar-refractivity contribution in [1.29, 1.82) is 0 Å². The predicted octanol–water partition coefficient (Wildman–Crippen LogP) is -0.639. The van der Waals surface area contributed by atoms with Crippen molar-refractivity contribution in [3.05, 3.63) is 12.2 Å². The molecule has 62 valence electrons. The van der Waals surface area contributed by atoms with Crippen LogP contribution in [0.5, 0.6) is 0 Å². The van der Waals surface area contributed by atoms with Crippen LogP contribution < -0.4 is 5.32 Å². The molecular formula is C7H7N3O2. The third-order valence-electron chi connectivity index (χ3n) is 1.16. The number of rotatable bonds is 3. The van der Waals surface area contributed by atoms with E-state index in [9.17, 15) is 4.79 Å². The lowest BCUT2D eigenvalue weighted by Gasteiger charge is -1.95. The molecule has 0 aliphatic rings. The summed E-state index contributed by atoms with van der Waals surface area (Å²) >= 11 is 0. The number of nitrogens with one attached hydrogen (secondary N) is 1. The number of hydrogen-bond donors (Lipinski definition) is 1. The molecule has 12 heavy (non-hydrogen) atoms. The molecule has 0 aliphatic carbocycles. The molecule has 1 N–H and O–H groups in total. The molecule has 1 rings (SSSR count). The minimum Gasteiger partial charge on any atom is -0.345 e. The summed E-state index contributed by atoms with van der Waals surface area (Å²) in [6, 6.07) is 0. The summed E-state index contributed by atoms with van der Waals surface area (Å²) in [6.45, 7) is 0.408. The van der Waals surface area contributed by atoms with Crippen molar-refractivity contribution in [2.24, 2.45) is 0 Å². The minimum absolute atomic E-state index is 0.408. The first-order valence-electron chi connectivity index (χ1n) is 3.33. The van der Waals surface area contributed by atoms with E-state index >= 15 is 0 Å². The molecule has 0 fully saturated rings. The maximum absolute atomic E-state index is 10.5. The lowest BCUT2D eigenvalue weighted by Crippen LogP contribution is -2.23. The van der Waals surface area contributed by atoms with Crippen LogP contribution in [-0.4, -0.2) is 22.6 Å². The molecule has 0 saturated carbocycles. The third-order valence-corrected chi connectivity index (χ3v) is 1.16. The van der Waals surface area contributed by atoms with Gasteiger partial charge in [0, 0.05) is 13.0 Å². The largest absolute Gasteiger partial charge is 0.345 e. The number of hydrogen-bond acceptors (Lipinski definition) is 4. The van der Waals surface area contributed by atoms with Gasteiger partial charge >= 0.3 is 0 Å². The normalized spacial score (nSPS) is 8.92. The summed E-state index contributed by atoms with van der Waals surface area (Å²) in [5.74, 6) is 1.97. The van der Waals surface area contributed by atoms with Gasteiger partial charge in [-0.1, -0.05) is 5.16 Å². The first kappa shape index (κ1) is 8.27. The highest BCUT2D eigenvalue weighted by molar-refractivity contribution is 5.92. The van der Waals surface area contributed by atoms with Crippen LogP contribution in [0.3, 0.4) is 0 Å². The van der Waals surface area contributed by atoms with Crippen LogP contribution in [0.4, 0.5) is 0 Å². The van der Waals surface area contributed by atoms with Gasteiger partial charge in [0.2, 0.25) is 5.89 Å². The van der Waals surface area contributed by atoms with Gasteiger partial charge in [0.05, 0.1) is 0 Å². The molecule has 1 heterocycles. The number of amides is 1. The van der Waals surface area contributed by atoms with Gasteiger partial charge in [-0.2, -0.15) is 4.98 Å². The number of carbonyl (C=O) groups is 1. The first-order valence-corrected chi connectivity index (χ1v) is 3.33. The highest BCUT2D eigenvalue weighted by Crippen LogP contribution is 1.89. The van der Waals surface area contributed by atoms with Crippen LogP contribution in [-0.2, 0) is 11.2 Å². The highest BCUT2D eigenvalue weighted by Gasteiger charge is 1.99. The summed E-state index contributed by atoms with van der Waals surface area (Å²) in [4.78, 5) is 14.3. The minimum atomic E-state index is -0.436. The fourth-order valence-corrected chi connectivity index (χ4v) is 0.640. The molecule has 1 aromatic rings. The van der Waals surface area contributed by atoms with Gasteiger partial charge in [0.25, 0.3) is 5.91 Å². The average Bonchev–Trinajstić information content (AvgIpc) is 2.57. The second-order valence-corrected chi connectivity index (χ2v) is 1.99. The zero-order valence-electron chi connectivity index (χ0n) is 6.28. The Morgan fingerprint density at radius 3 is 3.25 bits per heavy atom. The molecule has 0 atom stereocenters. The van der Waals surface area contributed by atoms with E-state index in [4.69, 9.17) is 6.42 Å². The summed E-state index contributed by atoms with van der Waals surface area (Å²) in [5, 5.41) is 5.87. The van der Waals surface area contributed by atoms with E-state index in [1.54, 1.807) is 0 Å². The Kier molecular flexibility index (Phi) is 2.85. The predicted molar refractivity (Wildman–Crippen MR) is 39.8 cm³/mol. The quantitative estimate of drug-likeness (QED) is 0.605. The van der Waals surface area contributed by atoms with Crippen molar-refractivity contribution in [3.8, 4) is 12.3 Å². The Balaban J connectivity index is 2.20. The van der Waals surface area contributed by atoms with E-state index in [2.05, 4.69) is 20.0 Å². The molecule has 5 heteroatoms. The van der Waals surface area contributed by atoms with E-state index in [0.717, 1.165) is 0 Å². The maximum Gasteiger partial charge on any atom is 0.295 e. The van der Waals surface area contributed by atoms with Crippen LogP contribution >= 0.6 is 0 Å². The van der Waals surface area contributed by atoms with Crippen LogP contribution in [0.1, 0.15) is 5.89 Å². The molecular weight excluding hydrogens is 158 g/mol. The fourth-order valence-electron chi connectivity index (χ4n) is 0.640. The zero-order valence-corrected chi connectivity index (χ0v) is 6.28. The molecule has 0 bridgehead atoms. The van der Waals surface area contributed by atoms with Gasteiger partial charge in [0.15, 0.2) is 6.33 Å². The molecule has 1 aromatic heterocycles. The summed E-state index contributed by atoms with van der Waals surface area (Å²) in [6.07, 6.45) is 6.62. The number of aromatic nitrogens is 2. The van der Waals surface area contributed by atoms with Gasteiger partial charge in [-0.25, -0.2) is 0 Å². The van der Waals surface area contributed by atoms with Crippen molar-refractivity contribution < 1.29 is 9.32 Å². The van der Waals surface area contributed by atoms with Crippen molar-refractivity contribution >= 4 is 5.91 Å². The molecule has 0 spiro atoms. The van der Waals surface area contributed by atoms with Crippen molar-refractivity contribution in [3.63, 3.8) is 0 Å². The lowest BCUT2D eigenvalue weighted by atomic mass is 10.4. The maximum atomic E-state index is 10.5. The van der Waals surface area contributed by atoms with E-state index in [1.807, 2.05) is 5.92 Å². The topological polar surface area (TPSA) is 68.0 Å². The van der Waals surface area contributed by atoms with E-state index < -0.39 is 5.91 Å². The van der Waals surface area contributed by atoms with Crippen LogP contribution in [0.25, 0.3) is 0 Å². The molecule has 0 aliphatic heterocycles. The summed E-state index contributed by atoms with van der Waals surface area (Å²) in [7, 11) is 0. The number of nitrogens with zero attached hydrogens (tertiary/aromatic N) is 2. The Morgan fingerprint density at radius 1 is 1.83 bits per heavy atom. The number of carbonyl (C=O) groups excluding carboxylic acids is 1. The molecule has 5 nitrogen and oxygen atoms in total. The SMILES string of the molecule is C#CC(=O)NCCc1ncno1. The van der Waals surface area contributed by atoms with Gasteiger partial charge in [-0.3, -0.25) is 4.79 Å². The first-order chi connectivity index (χ1) is 5.83. The van der Waals surface area contributed by atoms with Gasteiger partial charge in [0.1, 0.15) is 0 Å². The highest BCUT2D eigenvalue weighted by atomic mass is 16.5. The van der Waals surface area contributed by atoms with E-state index in [-0.39, 0.29) is 0 Å². The van der Waals surface area contributed by atoms with E-state index in [0.29, 0.717) is 18.9 Å². The Bertz CT molecular complexity index is 286.